The second kappa shape index (κ2) is 4.63. The minimum atomic E-state index is -0.0462. The van der Waals surface area contributed by atoms with Gasteiger partial charge in [-0.05, 0) is 38.1 Å². The molecule has 1 aliphatic carbocycles. The topological polar surface area (TPSA) is 26.7 Å². The Hall–Kier alpha value is -0.120. The van der Waals surface area contributed by atoms with E-state index in [1.807, 2.05) is 0 Å². The lowest BCUT2D eigenvalue weighted by Crippen LogP contribution is -2.56. The smallest absolute Gasteiger partial charge is 0.0695 e. The summed E-state index contributed by atoms with van der Waals surface area (Å²) in [6.45, 7) is 5.82. The molecule has 2 unspecified atom stereocenters. The first-order valence-electron chi connectivity index (χ1n) is 6.97. The first-order valence-corrected chi connectivity index (χ1v) is 6.97. The molecule has 0 radical (unpaired) electrons. The average molecular weight is 224 g/mol. The normalized spacial score (nSPS) is 34.7. The van der Waals surface area contributed by atoms with Gasteiger partial charge in [-0.3, -0.25) is 9.80 Å². The van der Waals surface area contributed by atoms with Crippen molar-refractivity contribution in [1.29, 1.82) is 0 Å². The maximum atomic E-state index is 9.98. The maximum absolute atomic E-state index is 9.98. The van der Waals surface area contributed by atoms with E-state index in [-0.39, 0.29) is 6.10 Å². The largest absolute Gasteiger partial charge is 0.392 e. The molecule has 3 fully saturated rings. The number of nitrogens with zero attached hydrogens (tertiary/aromatic N) is 2. The third kappa shape index (κ3) is 2.41. The molecule has 1 saturated carbocycles. The Labute approximate surface area is 98.4 Å². The lowest BCUT2D eigenvalue weighted by atomic mass is 9.99. The first-order chi connectivity index (χ1) is 7.83. The van der Waals surface area contributed by atoms with Crippen molar-refractivity contribution >= 4 is 0 Å². The highest BCUT2D eigenvalue weighted by Crippen LogP contribution is 2.33. The van der Waals surface area contributed by atoms with Gasteiger partial charge >= 0.3 is 0 Å². The van der Waals surface area contributed by atoms with Crippen LogP contribution in [0, 0.1) is 5.92 Å². The van der Waals surface area contributed by atoms with Gasteiger partial charge in [0.05, 0.1) is 6.10 Å². The Balaban J connectivity index is 1.49. The van der Waals surface area contributed by atoms with E-state index in [2.05, 4.69) is 9.80 Å². The Kier molecular flexibility index (Phi) is 3.18. The molecule has 0 aromatic rings. The molecular formula is C13H24N2O. The molecular weight excluding hydrogens is 200 g/mol. The van der Waals surface area contributed by atoms with Crippen LogP contribution in [0.3, 0.4) is 0 Å². The number of hydrogen-bond donors (Lipinski definition) is 1. The van der Waals surface area contributed by atoms with Crippen molar-refractivity contribution in [2.45, 2.75) is 44.2 Å². The molecule has 0 bridgehead atoms. The zero-order chi connectivity index (χ0) is 11.0. The second-order valence-electron chi connectivity index (χ2n) is 5.85. The predicted molar refractivity (Wildman–Crippen MR) is 64.4 cm³/mol. The molecule has 3 nitrogen and oxygen atoms in total. The van der Waals surface area contributed by atoms with Crippen LogP contribution in [0.4, 0.5) is 0 Å². The number of piperidine rings is 1. The molecule has 0 aromatic heterocycles. The van der Waals surface area contributed by atoms with Crippen LogP contribution in [0.1, 0.15) is 32.1 Å². The minimum absolute atomic E-state index is 0.0462. The predicted octanol–water partition coefficient (Wildman–Crippen LogP) is 0.927. The zero-order valence-corrected chi connectivity index (χ0v) is 10.1. The van der Waals surface area contributed by atoms with Gasteiger partial charge in [0.1, 0.15) is 0 Å². The first kappa shape index (κ1) is 11.0. The van der Waals surface area contributed by atoms with E-state index in [9.17, 15) is 5.11 Å². The highest BCUT2D eigenvalue weighted by Gasteiger charge is 2.34. The summed E-state index contributed by atoms with van der Waals surface area (Å²) in [4.78, 5) is 5.15. The lowest BCUT2D eigenvalue weighted by molar-refractivity contribution is 0.0188. The standard InChI is InChI=1S/C13H24N2O/c16-13(11-4-5-11)10-14-7-8-15-6-2-1-3-12(15)9-14/h11-13,16H,1-10H2. The summed E-state index contributed by atoms with van der Waals surface area (Å²) in [5, 5.41) is 9.98. The van der Waals surface area contributed by atoms with Crippen LogP contribution < -0.4 is 0 Å². The molecule has 2 aliphatic heterocycles. The van der Waals surface area contributed by atoms with Gasteiger partial charge < -0.3 is 5.11 Å². The van der Waals surface area contributed by atoms with Gasteiger partial charge in [0.25, 0.3) is 0 Å². The fourth-order valence-electron chi connectivity index (χ4n) is 3.28. The Morgan fingerprint density at radius 1 is 1.06 bits per heavy atom. The molecule has 0 aromatic carbocycles. The summed E-state index contributed by atoms with van der Waals surface area (Å²) in [6.07, 6.45) is 6.63. The van der Waals surface area contributed by atoms with Gasteiger partial charge in [0.2, 0.25) is 0 Å². The SMILES string of the molecule is OC(CN1CCN2CCCCC2C1)C1CC1. The Bertz CT molecular complexity index is 242. The molecule has 2 saturated heterocycles. The molecule has 2 heterocycles. The van der Waals surface area contributed by atoms with E-state index in [1.54, 1.807) is 0 Å². The average Bonchev–Trinajstić information content (AvgIpc) is 3.12. The van der Waals surface area contributed by atoms with Crippen LogP contribution in [-0.2, 0) is 0 Å². The van der Waals surface area contributed by atoms with Crippen molar-refractivity contribution in [3.8, 4) is 0 Å². The van der Waals surface area contributed by atoms with Crippen molar-refractivity contribution < 1.29 is 5.11 Å². The van der Waals surface area contributed by atoms with Crippen molar-refractivity contribution in [2.24, 2.45) is 5.92 Å². The Morgan fingerprint density at radius 3 is 2.75 bits per heavy atom. The number of fused-ring (bicyclic) bond motifs is 1. The van der Waals surface area contributed by atoms with Gasteiger partial charge in [-0.15, -0.1) is 0 Å². The fourth-order valence-corrected chi connectivity index (χ4v) is 3.28. The van der Waals surface area contributed by atoms with Crippen molar-refractivity contribution in [3.63, 3.8) is 0 Å². The number of aliphatic hydroxyl groups excluding tert-OH is 1. The molecule has 1 N–H and O–H groups in total. The number of piperazine rings is 1. The van der Waals surface area contributed by atoms with Gasteiger partial charge in [-0.2, -0.15) is 0 Å². The molecule has 2 atom stereocenters. The lowest BCUT2D eigenvalue weighted by Gasteiger charge is -2.44. The summed E-state index contributed by atoms with van der Waals surface area (Å²) in [5.74, 6) is 0.629. The van der Waals surface area contributed by atoms with E-state index in [0.29, 0.717) is 5.92 Å². The van der Waals surface area contributed by atoms with E-state index >= 15 is 0 Å². The molecule has 3 rings (SSSR count). The number of aliphatic hydroxyl groups is 1. The van der Waals surface area contributed by atoms with Crippen molar-refractivity contribution in [2.75, 3.05) is 32.7 Å². The maximum Gasteiger partial charge on any atom is 0.0695 e. The van der Waals surface area contributed by atoms with Crippen LogP contribution in [-0.4, -0.2) is 59.8 Å². The number of rotatable bonds is 3. The van der Waals surface area contributed by atoms with Crippen LogP contribution in [0.5, 0.6) is 0 Å². The molecule has 3 aliphatic rings. The quantitative estimate of drug-likeness (QED) is 0.772. The van der Waals surface area contributed by atoms with Crippen LogP contribution in [0.15, 0.2) is 0 Å². The van der Waals surface area contributed by atoms with Gasteiger partial charge in [-0.1, -0.05) is 6.42 Å². The van der Waals surface area contributed by atoms with Crippen molar-refractivity contribution in [3.05, 3.63) is 0 Å². The summed E-state index contributed by atoms with van der Waals surface area (Å²) in [6, 6.07) is 0.786. The van der Waals surface area contributed by atoms with E-state index in [4.69, 9.17) is 0 Å². The fraction of sp³-hybridized carbons (Fsp3) is 1.00. The summed E-state index contributed by atoms with van der Waals surface area (Å²) in [7, 11) is 0. The molecule has 92 valence electrons. The summed E-state index contributed by atoms with van der Waals surface area (Å²) >= 11 is 0. The Morgan fingerprint density at radius 2 is 1.94 bits per heavy atom. The van der Waals surface area contributed by atoms with E-state index in [0.717, 1.165) is 12.6 Å². The number of β-amino-alcohol motifs (C(OH)–C–C–N with tert-alkyl or cyclic N) is 1. The third-order valence-electron chi connectivity index (χ3n) is 4.53. The van der Waals surface area contributed by atoms with Crippen LogP contribution in [0.25, 0.3) is 0 Å². The minimum Gasteiger partial charge on any atom is -0.392 e. The molecule has 0 amide bonds. The zero-order valence-electron chi connectivity index (χ0n) is 10.1. The van der Waals surface area contributed by atoms with Crippen molar-refractivity contribution in [1.82, 2.24) is 9.80 Å². The third-order valence-corrected chi connectivity index (χ3v) is 4.53. The van der Waals surface area contributed by atoms with Gasteiger partial charge in [0, 0.05) is 32.2 Å². The van der Waals surface area contributed by atoms with E-state index in [1.165, 1.54) is 58.3 Å². The highest BCUT2D eigenvalue weighted by atomic mass is 16.3. The van der Waals surface area contributed by atoms with Gasteiger partial charge in [-0.25, -0.2) is 0 Å². The monoisotopic (exact) mass is 224 g/mol. The van der Waals surface area contributed by atoms with Crippen LogP contribution >= 0.6 is 0 Å². The second-order valence-corrected chi connectivity index (χ2v) is 5.85. The summed E-state index contributed by atoms with van der Waals surface area (Å²) < 4.78 is 0. The summed E-state index contributed by atoms with van der Waals surface area (Å²) in [5.41, 5.74) is 0. The molecule has 3 heteroatoms. The van der Waals surface area contributed by atoms with Crippen LogP contribution in [0.2, 0.25) is 0 Å². The number of hydrogen-bond acceptors (Lipinski definition) is 3. The van der Waals surface area contributed by atoms with E-state index < -0.39 is 0 Å². The highest BCUT2D eigenvalue weighted by molar-refractivity contribution is 4.88. The molecule has 0 spiro atoms. The van der Waals surface area contributed by atoms with Gasteiger partial charge in [0.15, 0.2) is 0 Å². The molecule has 16 heavy (non-hydrogen) atoms.